The summed E-state index contributed by atoms with van der Waals surface area (Å²) >= 11 is 5.90. The van der Waals surface area contributed by atoms with Gasteiger partial charge < -0.3 is 10.7 Å². The molecule has 2 rings (SSSR count). The van der Waals surface area contributed by atoms with Crippen LogP contribution in [0.15, 0.2) is 30.3 Å². The van der Waals surface area contributed by atoms with Crippen LogP contribution in [0.2, 0.25) is 5.02 Å². The molecule has 0 aliphatic heterocycles. The Morgan fingerprint density at radius 1 is 1.18 bits per heavy atom. The average molecular weight is 250 g/mol. The van der Waals surface area contributed by atoms with Crippen molar-refractivity contribution in [3.63, 3.8) is 0 Å². The lowest BCUT2D eigenvalue weighted by Crippen LogP contribution is -2.10. The van der Waals surface area contributed by atoms with E-state index in [1.54, 1.807) is 13.0 Å². The number of rotatable bonds is 3. The topological polar surface area (TPSA) is 75.9 Å². The summed E-state index contributed by atoms with van der Waals surface area (Å²) < 4.78 is 0. The van der Waals surface area contributed by atoms with Crippen molar-refractivity contribution in [2.75, 3.05) is 10.7 Å². The van der Waals surface area contributed by atoms with E-state index in [2.05, 4.69) is 20.7 Å². The maximum absolute atomic E-state index is 5.90. The van der Waals surface area contributed by atoms with Crippen LogP contribution in [0, 0.1) is 6.92 Å². The molecule has 0 aliphatic rings. The number of hydrazine groups is 1. The molecule has 5 nitrogen and oxygen atoms in total. The fourth-order valence-electron chi connectivity index (χ4n) is 1.42. The highest BCUT2D eigenvalue weighted by molar-refractivity contribution is 6.30. The molecule has 1 aromatic carbocycles. The molecule has 0 bridgehead atoms. The van der Waals surface area contributed by atoms with Gasteiger partial charge in [0.05, 0.1) is 0 Å². The highest BCUT2D eigenvalue weighted by atomic mass is 35.5. The fraction of sp³-hybridized carbons (Fsp3) is 0.0909. The van der Waals surface area contributed by atoms with Gasteiger partial charge in [-0.1, -0.05) is 17.7 Å². The third kappa shape index (κ3) is 3.05. The number of nitrogen functional groups attached to an aromatic ring is 1. The van der Waals surface area contributed by atoms with E-state index in [1.165, 1.54) is 0 Å². The maximum atomic E-state index is 5.90. The largest absolute Gasteiger partial charge is 0.340 e. The number of nitrogens with one attached hydrogen (secondary N) is 2. The molecule has 0 aliphatic carbocycles. The lowest BCUT2D eigenvalue weighted by Gasteiger charge is -2.08. The van der Waals surface area contributed by atoms with Crippen LogP contribution >= 0.6 is 11.6 Å². The Hall–Kier alpha value is -1.85. The van der Waals surface area contributed by atoms with Gasteiger partial charge in [-0.3, -0.25) is 0 Å². The molecule has 0 atom stereocenters. The SMILES string of the molecule is Cc1nc(NN)cc(Nc2cccc(Cl)c2)n1. The lowest BCUT2D eigenvalue weighted by molar-refractivity contribution is 1.05. The molecule has 1 heterocycles. The van der Waals surface area contributed by atoms with E-state index in [4.69, 9.17) is 17.4 Å². The van der Waals surface area contributed by atoms with Gasteiger partial charge >= 0.3 is 0 Å². The second-order valence-electron chi connectivity index (χ2n) is 3.47. The van der Waals surface area contributed by atoms with Crippen molar-refractivity contribution in [2.24, 2.45) is 5.84 Å². The van der Waals surface area contributed by atoms with Gasteiger partial charge in [-0.2, -0.15) is 0 Å². The molecule has 88 valence electrons. The molecule has 0 fully saturated rings. The van der Waals surface area contributed by atoms with Crippen LogP contribution in [0.4, 0.5) is 17.3 Å². The maximum Gasteiger partial charge on any atom is 0.145 e. The van der Waals surface area contributed by atoms with E-state index in [1.807, 2.05) is 24.3 Å². The summed E-state index contributed by atoms with van der Waals surface area (Å²) in [6, 6.07) is 9.10. The zero-order valence-electron chi connectivity index (χ0n) is 9.24. The fourth-order valence-corrected chi connectivity index (χ4v) is 1.61. The third-order valence-electron chi connectivity index (χ3n) is 2.08. The first-order chi connectivity index (χ1) is 8.17. The summed E-state index contributed by atoms with van der Waals surface area (Å²) in [5.74, 6) is 7.16. The molecule has 1 aromatic heterocycles. The minimum Gasteiger partial charge on any atom is -0.340 e. The van der Waals surface area contributed by atoms with E-state index in [-0.39, 0.29) is 0 Å². The van der Waals surface area contributed by atoms with Crippen LogP contribution in [-0.4, -0.2) is 9.97 Å². The van der Waals surface area contributed by atoms with Crippen molar-refractivity contribution in [3.05, 3.63) is 41.2 Å². The molecular weight excluding hydrogens is 238 g/mol. The second-order valence-corrected chi connectivity index (χ2v) is 3.90. The normalized spacial score (nSPS) is 10.1. The van der Waals surface area contributed by atoms with Gasteiger partial charge in [-0.25, -0.2) is 15.8 Å². The Labute approximate surface area is 104 Å². The molecule has 2 aromatic rings. The summed E-state index contributed by atoms with van der Waals surface area (Å²) in [7, 11) is 0. The van der Waals surface area contributed by atoms with Crippen molar-refractivity contribution >= 4 is 28.9 Å². The number of hydrogen-bond acceptors (Lipinski definition) is 5. The zero-order chi connectivity index (χ0) is 12.3. The number of benzene rings is 1. The van der Waals surface area contributed by atoms with E-state index in [9.17, 15) is 0 Å². The van der Waals surface area contributed by atoms with Crippen LogP contribution in [0.25, 0.3) is 0 Å². The number of aryl methyl sites for hydroxylation is 1. The minimum absolute atomic E-state index is 0.557. The van der Waals surface area contributed by atoms with Gasteiger partial charge in [0.15, 0.2) is 0 Å². The van der Waals surface area contributed by atoms with Gasteiger partial charge in [0.25, 0.3) is 0 Å². The quantitative estimate of drug-likeness (QED) is 0.576. The molecule has 0 spiro atoms. The van der Waals surface area contributed by atoms with Crippen molar-refractivity contribution in [1.29, 1.82) is 0 Å². The zero-order valence-corrected chi connectivity index (χ0v) is 9.99. The highest BCUT2D eigenvalue weighted by Gasteiger charge is 2.01. The molecule has 0 saturated heterocycles. The molecule has 0 amide bonds. The molecule has 0 saturated carbocycles. The predicted molar refractivity (Wildman–Crippen MR) is 69.3 cm³/mol. The number of aromatic nitrogens is 2. The highest BCUT2D eigenvalue weighted by Crippen LogP contribution is 2.20. The Bertz CT molecular complexity index is 529. The first kappa shape index (κ1) is 11.6. The summed E-state index contributed by atoms with van der Waals surface area (Å²) in [5.41, 5.74) is 3.35. The number of hydrogen-bond donors (Lipinski definition) is 3. The third-order valence-corrected chi connectivity index (χ3v) is 2.32. The summed E-state index contributed by atoms with van der Waals surface area (Å²) in [5, 5.41) is 3.79. The first-order valence-corrected chi connectivity index (χ1v) is 5.40. The average Bonchev–Trinajstić information content (AvgIpc) is 2.28. The Kier molecular flexibility index (Phi) is 3.41. The molecule has 17 heavy (non-hydrogen) atoms. The minimum atomic E-state index is 0.557. The van der Waals surface area contributed by atoms with Gasteiger partial charge in [-0.15, -0.1) is 0 Å². The Morgan fingerprint density at radius 3 is 2.65 bits per heavy atom. The monoisotopic (exact) mass is 249 g/mol. The summed E-state index contributed by atoms with van der Waals surface area (Å²) in [6.45, 7) is 1.80. The van der Waals surface area contributed by atoms with Crippen molar-refractivity contribution in [1.82, 2.24) is 9.97 Å². The van der Waals surface area contributed by atoms with Crippen LogP contribution in [-0.2, 0) is 0 Å². The molecular formula is C11H12ClN5. The number of nitrogens with zero attached hydrogens (tertiary/aromatic N) is 2. The Morgan fingerprint density at radius 2 is 1.94 bits per heavy atom. The standard InChI is InChI=1S/C11H12ClN5/c1-7-14-10(6-11(15-7)17-13)16-9-4-2-3-8(12)5-9/h2-6H,13H2,1H3,(H2,14,15,16,17). The van der Waals surface area contributed by atoms with Crippen molar-refractivity contribution in [3.8, 4) is 0 Å². The van der Waals surface area contributed by atoms with Crippen LogP contribution in [0.3, 0.4) is 0 Å². The molecule has 0 unspecified atom stereocenters. The lowest BCUT2D eigenvalue weighted by atomic mass is 10.3. The second kappa shape index (κ2) is 4.99. The number of anilines is 3. The van der Waals surface area contributed by atoms with Crippen molar-refractivity contribution in [2.45, 2.75) is 6.92 Å². The van der Waals surface area contributed by atoms with E-state index in [0.29, 0.717) is 22.5 Å². The molecule has 6 heteroatoms. The Balaban J connectivity index is 2.26. The van der Waals surface area contributed by atoms with E-state index < -0.39 is 0 Å². The smallest absolute Gasteiger partial charge is 0.145 e. The number of nitrogens with two attached hydrogens (primary N) is 1. The van der Waals surface area contributed by atoms with Crippen molar-refractivity contribution < 1.29 is 0 Å². The summed E-state index contributed by atoms with van der Waals surface area (Å²) in [4.78, 5) is 8.34. The van der Waals surface area contributed by atoms with Gasteiger partial charge in [0.2, 0.25) is 0 Å². The van der Waals surface area contributed by atoms with Crippen LogP contribution in [0.5, 0.6) is 0 Å². The van der Waals surface area contributed by atoms with Crippen LogP contribution in [0.1, 0.15) is 5.82 Å². The summed E-state index contributed by atoms with van der Waals surface area (Å²) in [6.07, 6.45) is 0. The van der Waals surface area contributed by atoms with Gasteiger partial charge in [0.1, 0.15) is 17.5 Å². The van der Waals surface area contributed by atoms with Crippen LogP contribution < -0.4 is 16.6 Å². The predicted octanol–water partition coefficient (Wildman–Crippen LogP) is 2.47. The van der Waals surface area contributed by atoms with E-state index >= 15 is 0 Å². The van der Waals surface area contributed by atoms with Gasteiger partial charge in [0, 0.05) is 16.8 Å². The molecule has 0 radical (unpaired) electrons. The molecule has 4 N–H and O–H groups in total. The van der Waals surface area contributed by atoms with E-state index in [0.717, 1.165) is 5.69 Å². The first-order valence-electron chi connectivity index (χ1n) is 5.02. The van der Waals surface area contributed by atoms with Gasteiger partial charge in [-0.05, 0) is 25.1 Å². The number of halogens is 1.